The van der Waals surface area contributed by atoms with E-state index in [2.05, 4.69) is 42.6 Å². The molecule has 0 aliphatic heterocycles. The second-order valence-electron chi connectivity index (χ2n) is 6.29. The number of nitrogens with one attached hydrogen (secondary N) is 1. The number of fused-ring (bicyclic) bond motifs is 1. The van der Waals surface area contributed by atoms with Crippen molar-refractivity contribution >= 4 is 16.7 Å². The molecule has 0 saturated heterocycles. The van der Waals surface area contributed by atoms with Gasteiger partial charge in [0.25, 0.3) is 0 Å². The standard InChI is InChI=1S/C19H23NO/c1-14-6-2-5-9-18(14)20-19(21)13-15-10-11-16-7-3-4-8-17(16)12-15/h3-4,7-8,10-12,14,18H,2,5-6,9,13H2,1H3,(H,20,21)/t14-,18-/m0/s1. The molecule has 2 heteroatoms. The zero-order chi connectivity index (χ0) is 14.7. The van der Waals surface area contributed by atoms with Crippen molar-refractivity contribution in [1.82, 2.24) is 5.32 Å². The van der Waals surface area contributed by atoms with E-state index in [0.717, 1.165) is 12.0 Å². The molecule has 0 unspecified atom stereocenters. The predicted octanol–water partition coefficient (Wildman–Crippen LogP) is 4.08. The highest BCUT2D eigenvalue weighted by atomic mass is 16.1. The molecule has 1 amide bonds. The first kappa shape index (κ1) is 14.1. The van der Waals surface area contributed by atoms with E-state index < -0.39 is 0 Å². The lowest BCUT2D eigenvalue weighted by molar-refractivity contribution is -0.121. The fraction of sp³-hybridized carbons (Fsp3) is 0.421. The van der Waals surface area contributed by atoms with Crippen molar-refractivity contribution in [3.8, 4) is 0 Å². The van der Waals surface area contributed by atoms with Gasteiger partial charge in [0, 0.05) is 6.04 Å². The topological polar surface area (TPSA) is 29.1 Å². The number of rotatable bonds is 3. The fourth-order valence-electron chi connectivity index (χ4n) is 3.32. The minimum absolute atomic E-state index is 0.157. The minimum Gasteiger partial charge on any atom is -0.353 e. The summed E-state index contributed by atoms with van der Waals surface area (Å²) < 4.78 is 0. The van der Waals surface area contributed by atoms with E-state index in [1.54, 1.807) is 0 Å². The molecule has 2 nitrogen and oxygen atoms in total. The molecular formula is C19H23NO. The lowest BCUT2D eigenvalue weighted by Gasteiger charge is -2.29. The monoisotopic (exact) mass is 281 g/mol. The molecule has 1 N–H and O–H groups in total. The van der Waals surface area contributed by atoms with E-state index in [1.165, 1.54) is 30.0 Å². The summed E-state index contributed by atoms with van der Waals surface area (Å²) in [6.07, 6.45) is 5.39. The minimum atomic E-state index is 0.157. The largest absolute Gasteiger partial charge is 0.353 e. The molecule has 1 fully saturated rings. The Kier molecular flexibility index (Phi) is 4.23. The van der Waals surface area contributed by atoms with Gasteiger partial charge in [0.05, 0.1) is 6.42 Å². The SMILES string of the molecule is C[C@H]1CCCC[C@@H]1NC(=O)Cc1ccc2ccccc2c1. The van der Waals surface area contributed by atoms with E-state index in [-0.39, 0.29) is 5.91 Å². The van der Waals surface area contributed by atoms with E-state index >= 15 is 0 Å². The summed E-state index contributed by atoms with van der Waals surface area (Å²) in [5, 5.41) is 5.65. The van der Waals surface area contributed by atoms with Crippen LogP contribution in [-0.4, -0.2) is 11.9 Å². The Bertz CT molecular complexity index is 634. The third-order valence-corrected chi connectivity index (χ3v) is 4.64. The van der Waals surface area contributed by atoms with Crippen LogP contribution in [-0.2, 0) is 11.2 Å². The van der Waals surface area contributed by atoms with Crippen LogP contribution in [0.2, 0.25) is 0 Å². The van der Waals surface area contributed by atoms with Gasteiger partial charge in [-0.1, -0.05) is 62.2 Å². The molecule has 2 aromatic rings. The third kappa shape index (κ3) is 3.44. The van der Waals surface area contributed by atoms with E-state index in [0.29, 0.717) is 18.4 Å². The van der Waals surface area contributed by atoms with E-state index in [4.69, 9.17) is 0 Å². The summed E-state index contributed by atoms with van der Waals surface area (Å²) in [4.78, 5) is 12.3. The summed E-state index contributed by atoms with van der Waals surface area (Å²) in [5.41, 5.74) is 1.09. The van der Waals surface area contributed by atoms with Gasteiger partial charge in [-0.25, -0.2) is 0 Å². The maximum Gasteiger partial charge on any atom is 0.224 e. The van der Waals surface area contributed by atoms with Crippen LogP contribution in [0.5, 0.6) is 0 Å². The Morgan fingerprint density at radius 3 is 2.67 bits per heavy atom. The molecule has 0 spiro atoms. The van der Waals surface area contributed by atoms with Crippen molar-refractivity contribution in [3.05, 3.63) is 48.0 Å². The highest BCUT2D eigenvalue weighted by Gasteiger charge is 2.22. The van der Waals surface area contributed by atoms with Crippen LogP contribution in [0.15, 0.2) is 42.5 Å². The highest BCUT2D eigenvalue weighted by Crippen LogP contribution is 2.24. The predicted molar refractivity (Wildman–Crippen MR) is 87.2 cm³/mol. The number of carbonyl (C=O) groups excluding carboxylic acids is 1. The maximum atomic E-state index is 12.3. The second-order valence-corrected chi connectivity index (χ2v) is 6.29. The molecule has 0 radical (unpaired) electrons. The number of carbonyl (C=O) groups is 1. The first-order valence-corrected chi connectivity index (χ1v) is 7.99. The Hall–Kier alpha value is -1.83. The van der Waals surface area contributed by atoms with Gasteiger partial charge in [0.2, 0.25) is 5.91 Å². The zero-order valence-corrected chi connectivity index (χ0v) is 12.6. The van der Waals surface area contributed by atoms with Crippen LogP contribution < -0.4 is 5.32 Å². The van der Waals surface area contributed by atoms with Gasteiger partial charge in [0.1, 0.15) is 0 Å². The quantitative estimate of drug-likeness (QED) is 0.902. The average Bonchev–Trinajstić information content (AvgIpc) is 2.49. The van der Waals surface area contributed by atoms with Crippen molar-refractivity contribution in [1.29, 1.82) is 0 Å². The van der Waals surface area contributed by atoms with Gasteiger partial charge in [-0.15, -0.1) is 0 Å². The third-order valence-electron chi connectivity index (χ3n) is 4.64. The van der Waals surface area contributed by atoms with Crippen molar-refractivity contribution < 1.29 is 4.79 Å². The molecule has 0 heterocycles. The highest BCUT2D eigenvalue weighted by molar-refractivity contribution is 5.85. The second kappa shape index (κ2) is 6.30. The molecule has 1 saturated carbocycles. The first-order chi connectivity index (χ1) is 10.2. The molecular weight excluding hydrogens is 258 g/mol. The van der Waals surface area contributed by atoms with Crippen LogP contribution in [0.4, 0.5) is 0 Å². The number of amides is 1. The smallest absolute Gasteiger partial charge is 0.224 e. The molecule has 1 aliphatic rings. The Balaban J connectivity index is 1.65. The molecule has 0 bridgehead atoms. The Morgan fingerprint density at radius 2 is 1.86 bits per heavy atom. The number of hydrogen-bond donors (Lipinski definition) is 1. The van der Waals surface area contributed by atoms with Gasteiger partial charge in [-0.05, 0) is 35.1 Å². The normalized spacial score (nSPS) is 22.1. The van der Waals surface area contributed by atoms with Crippen LogP contribution in [0.1, 0.15) is 38.2 Å². The van der Waals surface area contributed by atoms with Crippen molar-refractivity contribution in [2.45, 2.75) is 45.1 Å². The zero-order valence-electron chi connectivity index (χ0n) is 12.6. The molecule has 110 valence electrons. The molecule has 3 rings (SSSR count). The van der Waals surface area contributed by atoms with Crippen molar-refractivity contribution in [2.24, 2.45) is 5.92 Å². The van der Waals surface area contributed by atoms with Crippen LogP contribution in [0.25, 0.3) is 10.8 Å². The van der Waals surface area contributed by atoms with Crippen LogP contribution >= 0.6 is 0 Å². The summed E-state index contributed by atoms with van der Waals surface area (Å²) in [5.74, 6) is 0.767. The molecule has 2 atom stereocenters. The summed E-state index contributed by atoms with van der Waals surface area (Å²) in [6, 6.07) is 14.9. The van der Waals surface area contributed by atoms with E-state index in [1.807, 2.05) is 12.1 Å². The molecule has 0 aromatic heterocycles. The lowest BCUT2D eigenvalue weighted by atomic mass is 9.86. The first-order valence-electron chi connectivity index (χ1n) is 7.99. The average molecular weight is 281 g/mol. The molecule has 1 aliphatic carbocycles. The summed E-state index contributed by atoms with van der Waals surface area (Å²) in [7, 11) is 0. The molecule has 2 aromatic carbocycles. The van der Waals surface area contributed by atoms with Gasteiger partial charge >= 0.3 is 0 Å². The van der Waals surface area contributed by atoms with Gasteiger partial charge in [-0.2, -0.15) is 0 Å². The summed E-state index contributed by atoms with van der Waals surface area (Å²) in [6.45, 7) is 2.25. The van der Waals surface area contributed by atoms with Gasteiger partial charge in [-0.3, -0.25) is 4.79 Å². The lowest BCUT2D eigenvalue weighted by Crippen LogP contribution is -2.41. The maximum absolute atomic E-state index is 12.3. The van der Waals surface area contributed by atoms with Crippen molar-refractivity contribution in [3.63, 3.8) is 0 Å². The molecule has 21 heavy (non-hydrogen) atoms. The van der Waals surface area contributed by atoms with E-state index in [9.17, 15) is 4.79 Å². The Morgan fingerprint density at radius 1 is 1.10 bits per heavy atom. The fourth-order valence-corrected chi connectivity index (χ4v) is 3.32. The van der Waals surface area contributed by atoms with Crippen LogP contribution in [0.3, 0.4) is 0 Å². The number of hydrogen-bond acceptors (Lipinski definition) is 1. The van der Waals surface area contributed by atoms with Gasteiger partial charge in [0.15, 0.2) is 0 Å². The summed E-state index contributed by atoms with van der Waals surface area (Å²) >= 11 is 0. The van der Waals surface area contributed by atoms with Crippen molar-refractivity contribution in [2.75, 3.05) is 0 Å². The Labute approximate surface area is 126 Å². The number of benzene rings is 2. The van der Waals surface area contributed by atoms with Gasteiger partial charge < -0.3 is 5.32 Å². The van der Waals surface area contributed by atoms with Crippen LogP contribution in [0, 0.1) is 5.92 Å².